The van der Waals surface area contributed by atoms with Crippen LogP contribution in [0.25, 0.3) is 11.4 Å². The Bertz CT molecular complexity index is 1220. The van der Waals surface area contributed by atoms with Crippen LogP contribution < -0.4 is 5.32 Å². The lowest BCUT2D eigenvalue weighted by Gasteiger charge is -2.10. The van der Waals surface area contributed by atoms with Gasteiger partial charge in [0.2, 0.25) is 0 Å². The van der Waals surface area contributed by atoms with Gasteiger partial charge in [0.05, 0.1) is 18.3 Å². The SMILES string of the molecule is Cc1cc(C)n(Cc2cccc(NC(=O)c3cccc(-c4nnnn4C(C)C)c3)c2)n1. The van der Waals surface area contributed by atoms with Gasteiger partial charge >= 0.3 is 0 Å². The number of amides is 1. The summed E-state index contributed by atoms with van der Waals surface area (Å²) in [7, 11) is 0. The highest BCUT2D eigenvalue weighted by atomic mass is 16.1. The number of nitrogens with zero attached hydrogens (tertiary/aromatic N) is 6. The second-order valence-corrected chi connectivity index (χ2v) is 7.86. The Morgan fingerprint density at radius 3 is 2.61 bits per heavy atom. The minimum atomic E-state index is -0.186. The summed E-state index contributed by atoms with van der Waals surface area (Å²) in [5.41, 5.74) is 5.23. The Morgan fingerprint density at radius 2 is 1.87 bits per heavy atom. The molecule has 2 heterocycles. The van der Waals surface area contributed by atoms with E-state index in [1.165, 1.54) is 0 Å². The van der Waals surface area contributed by atoms with Crippen molar-refractivity contribution in [1.82, 2.24) is 30.0 Å². The molecular weight excluding hydrogens is 390 g/mol. The van der Waals surface area contributed by atoms with Crippen molar-refractivity contribution in [3.05, 3.63) is 77.1 Å². The number of hydrogen-bond donors (Lipinski definition) is 1. The second kappa shape index (κ2) is 8.51. The Labute approximate surface area is 180 Å². The van der Waals surface area contributed by atoms with Crippen LogP contribution in [0.4, 0.5) is 5.69 Å². The number of nitrogens with one attached hydrogen (secondary N) is 1. The predicted octanol–water partition coefficient (Wildman–Crippen LogP) is 4.03. The third-order valence-corrected chi connectivity index (χ3v) is 4.99. The average Bonchev–Trinajstić information content (AvgIpc) is 3.35. The van der Waals surface area contributed by atoms with E-state index < -0.39 is 0 Å². The van der Waals surface area contributed by atoms with Crippen LogP contribution >= 0.6 is 0 Å². The number of rotatable bonds is 6. The molecule has 2 aromatic heterocycles. The van der Waals surface area contributed by atoms with Gasteiger partial charge in [-0.25, -0.2) is 4.68 Å². The maximum Gasteiger partial charge on any atom is 0.255 e. The van der Waals surface area contributed by atoms with Gasteiger partial charge in [-0.15, -0.1) is 5.10 Å². The molecule has 1 N–H and O–H groups in total. The van der Waals surface area contributed by atoms with Crippen molar-refractivity contribution in [1.29, 1.82) is 0 Å². The molecule has 0 aliphatic carbocycles. The monoisotopic (exact) mass is 415 g/mol. The molecule has 0 aliphatic rings. The fourth-order valence-electron chi connectivity index (χ4n) is 3.49. The molecule has 4 aromatic rings. The highest BCUT2D eigenvalue weighted by molar-refractivity contribution is 6.04. The van der Waals surface area contributed by atoms with E-state index in [9.17, 15) is 4.79 Å². The van der Waals surface area contributed by atoms with Crippen LogP contribution in [0.1, 0.15) is 47.2 Å². The van der Waals surface area contributed by atoms with E-state index in [4.69, 9.17) is 0 Å². The Hall–Kier alpha value is -3.81. The number of anilines is 1. The lowest BCUT2D eigenvalue weighted by Crippen LogP contribution is -2.13. The van der Waals surface area contributed by atoms with E-state index in [-0.39, 0.29) is 11.9 Å². The first-order valence-corrected chi connectivity index (χ1v) is 10.2. The summed E-state index contributed by atoms with van der Waals surface area (Å²) >= 11 is 0. The highest BCUT2D eigenvalue weighted by Crippen LogP contribution is 2.21. The molecule has 0 atom stereocenters. The molecule has 31 heavy (non-hydrogen) atoms. The number of tetrazole rings is 1. The normalized spacial score (nSPS) is 11.1. The minimum absolute atomic E-state index is 0.118. The summed E-state index contributed by atoms with van der Waals surface area (Å²) < 4.78 is 3.69. The van der Waals surface area contributed by atoms with Crippen LogP contribution in [0, 0.1) is 13.8 Å². The van der Waals surface area contributed by atoms with Gasteiger partial charge in [0.15, 0.2) is 5.82 Å². The Morgan fingerprint density at radius 1 is 1.06 bits per heavy atom. The van der Waals surface area contributed by atoms with Gasteiger partial charge in [0.1, 0.15) is 0 Å². The number of aryl methyl sites for hydroxylation is 2. The van der Waals surface area contributed by atoms with Crippen molar-refractivity contribution in [2.24, 2.45) is 0 Å². The molecule has 0 spiro atoms. The van der Waals surface area contributed by atoms with Crippen molar-refractivity contribution in [3.8, 4) is 11.4 Å². The van der Waals surface area contributed by atoms with Gasteiger partial charge < -0.3 is 5.32 Å². The Balaban J connectivity index is 1.52. The first-order valence-electron chi connectivity index (χ1n) is 10.2. The summed E-state index contributed by atoms with van der Waals surface area (Å²) in [5.74, 6) is 0.449. The lowest BCUT2D eigenvalue weighted by molar-refractivity contribution is 0.102. The third-order valence-electron chi connectivity index (χ3n) is 4.99. The molecule has 0 aliphatic heterocycles. The first kappa shape index (κ1) is 20.5. The zero-order valence-corrected chi connectivity index (χ0v) is 18.1. The molecule has 0 radical (unpaired) electrons. The molecule has 0 unspecified atom stereocenters. The van der Waals surface area contributed by atoms with E-state index >= 15 is 0 Å². The molecule has 1 amide bonds. The minimum Gasteiger partial charge on any atom is -0.322 e. The molecule has 158 valence electrons. The van der Waals surface area contributed by atoms with Crippen LogP contribution in [0.2, 0.25) is 0 Å². The van der Waals surface area contributed by atoms with E-state index in [2.05, 4.69) is 25.9 Å². The zero-order chi connectivity index (χ0) is 22.0. The van der Waals surface area contributed by atoms with E-state index in [1.807, 2.05) is 74.8 Å². The van der Waals surface area contributed by atoms with Crippen LogP contribution in [-0.4, -0.2) is 35.9 Å². The van der Waals surface area contributed by atoms with Crippen molar-refractivity contribution >= 4 is 11.6 Å². The van der Waals surface area contributed by atoms with Gasteiger partial charge in [-0.05, 0) is 74.0 Å². The van der Waals surface area contributed by atoms with Crippen molar-refractivity contribution < 1.29 is 4.79 Å². The number of carbonyl (C=O) groups is 1. The molecule has 0 saturated heterocycles. The van der Waals surface area contributed by atoms with E-state index in [0.29, 0.717) is 17.9 Å². The van der Waals surface area contributed by atoms with Crippen LogP contribution in [0.3, 0.4) is 0 Å². The molecule has 4 rings (SSSR count). The quantitative estimate of drug-likeness (QED) is 0.513. The average molecular weight is 416 g/mol. The van der Waals surface area contributed by atoms with Crippen LogP contribution in [0.5, 0.6) is 0 Å². The molecular formula is C23H25N7O. The van der Waals surface area contributed by atoms with E-state index in [1.54, 1.807) is 16.8 Å². The Kier molecular flexibility index (Phi) is 5.62. The molecule has 0 bridgehead atoms. The van der Waals surface area contributed by atoms with Crippen molar-refractivity contribution in [3.63, 3.8) is 0 Å². The number of benzene rings is 2. The maximum absolute atomic E-state index is 12.9. The smallest absolute Gasteiger partial charge is 0.255 e. The van der Waals surface area contributed by atoms with Gasteiger partial charge in [-0.3, -0.25) is 9.48 Å². The number of carbonyl (C=O) groups excluding carboxylic acids is 1. The van der Waals surface area contributed by atoms with Crippen LogP contribution in [-0.2, 0) is 6.54 Å². The molecule has 2 aromatic carbocycles. The van der Waals surface area contributed by atoms with Gasteiger partial charge in [-0.1, -0.05) is 24.3 Å². The largest absolute Gasteiger partial charge is 0.322 e. The van der Waals surface area contributed by atoms with Gasteiger partial charge in [0.25, 0.3) is 5.91 Å². The molecule has 0 saturated carbocycles. The second-order valence-electron chi connectivity index (χ2n) is 7.86. The fourth-order valence-corrected chi connectivity index (χ4v) is 3.49. The summed E-state index contributed by atoms with van der Waals surface area (Å²) in [6, 6.07) is 17.3. The fraction of sp³-hybridized carbons (Fsp3) is 0.261. The summed E-state index contributed by atoms with van der Waals surface area (Å²) in [6.07, 6.45) is 0. The predicted molar refractivity (Wildman–Crippen MR) is 119 cm³/mol. The first-order chi connectivity index (χ1) is 14.9. The standard InChI is InChI=1S/C23H25N7O/c1-15(2)30-22(25-27-28-30)19-8-6-9-20(13-19)23(31)24-21-10-5-7-18(12-21)14-29-17(4)11-16(3)26-29/h5-13,15H,14H2,1-4H3,(H,24,31). The van der Waals surface area contributed by atoms with E-state index in [0.717, 1.165) is 28.2 Å². The van der Waals surface area contributed by atoms with Crippen molar-refractivity contribution in [2.75, 3.05) is 5.32 Å². The molecule has 0 fully saturated rings. The van der Waals surface area contributed by atoms with Crippen LogP contribution in [0.15, 0.2) is 54.6 Å². The summed E-state index contributed by atoms with van der Waals surface area (Å²) in [5, 5.41) is 19.4. The van der Waals surface area contributed by atoms with Crippen molar-refractivity contribution in [2.45, 2.75) is 40.3 Å². The maximum atomic E-state index is 12.9. The highest BCUT2D eigenvalue weighted by Gasteiger charge is 2.14. The molecule has 8 heteroatoms. The summed E-state index contributed by atoms with van der Waals surface area (Å²) in [6.45, 7) is 8.68. The lowest BCUT2D eigenvalue weighted by atomic mass is 10.1. The summed E-state index contributed by atoms with van der Waals surface area (Å²) in [4.78, 5) is 12.9. The number of hydrogen-bond acceptors (Lipinski definition) is 5. The van der Waals surface area contributed by atoms with Gasteiger partial charge in [0, 0.05) is 22.5 Å². The topological polar surface area (TPSA) is 90.5 Å². The third kappa shape index (κ3) is 4.53. The van der Waals surface area contributed by atoms with Gasteiger partial charge in [-0.2, -0.15) is 5.10 Å². The zero-order valence-electron chi connectivity index (χ0n) is 18.1. The number of aromatic nitrogens is 6. The molecule has 8 nitrogen and oxygen atoms in total.